The van der Waals surface area contributed by atoms with Crippen LogP contribution in [0.1, 0.15) is 46.5 Å². The van der Waals surface area contributed by atoms with E-state index in [4.69, 9.17) is 0 Å². The van der Waals surface area contributed by atoms with Crippen LogP contribution in [0.3, 0.4) is 0 Å². The molecular weight excluding hydrogens is 184 g/mol. The van der Waals surface area contributed by atoms with E-state index in [0.717, 1.165) is 13.1 Å². The standard InChI is InChI=1S/C13H28N2/c1-4-8-14-11-13(2,3)12-15-9-6-5-7-10-15/h14H,4-12H2,1-3H3. The summed E-state index contributed by atoms with van der Waals surface area (Å²) in [4.78, 5) is 2.64. The van der Waals surface area contributed by atoms with E-state index in [9.17, 15) is 0 Å². The summed E-state index contributed by atoms with van der Waals surface area (Å²) < 4.78 is 0. The van der Waals surface area contributed by atoms with Crippen LogP contribution in [0.2, 0.25) is 0 Å². The van der Waals surface area contributed by atoms with Gasteiger partial charge in [-0.2, -0.15) is 0 Å². The Morgan fingerprint density at radius 2 is 1.80 bits per heavy atom. The highest BCUT2D eigenvalue weighted by atomic mass is 15.1. The zero-order valence-electron chi connectivity index (χ0n) is 10.8. The third-order valence-electron chi connectivity index (χ3n) is 3.13. The average molecular weight is 212 g/mol. The third-order valence-corrected chi connectivity index (χ3v) is 3.13. The molecule has 0 amide bonds. The largest absolute Gasteiger partial charge is 0.316 e. The van der Waals surface area contributed by atoms with E-state index in [1.54, 1.807) is 0 Å². The molecule has 1 aliphatic heterocycles. The maximum atomic E-state index is 3.54. The second kappa shape index (κ2) is 6.49. The lowest BCUT2D eigenvalue weighted by molar-refractivity contribution is 0.151. The summed E-state index contributed by atoms with van der Waals surface area (Å²) in [6, 6.07) is 0. The van der Waals surface area contributed by atoms with Gasteiger partial charge in [-0.3, -0.25) is 0 Å². The van der Waals surface area contributed by atoms with Gasteiger partial charge in [0.25, 0.3) is 0 Å². The van der Waals surface area contributed by atoms with E-state index < -0.39 is 0 Å². The molecule has 1 heterocycles. The van der Waals surface area contributed by atoms with Crippen LogP contribution in [0.15, 0.2) is 0 Å². The molecule has 0 aromatic heterocycles. The quantitative estimate of drug-likeness (QED) is 0.681. The van der Waals surface area contributed by atoms with E-state index in [-0.39, 0.29) is 0 Å². The van der Waals surface area contributed by atoms with E-state index in [1.807, 2.05) is 0 Å². The van der Waals surface area contributed by atoms with Gasteiger partial charge in [-0.05, 0) is 44.3 Å². The van der Waals surface area contributed by atoms with E-state index in [1.165, 1.54) is 45.3 Å². The molecule has 0 spiro atoms. The second-order valence-electron chi connectivity index (χ2n) is 5.68. The Kier molecular flexibility index (Phi) is 5.62. The molecule has 1 aliphatic rings. The van der Waals surface area contributed by atoms with Gasteiger partial charge in [0.05, 0.1) is 0 Å². The minimum absolute atomic E-state index is 0.423. The molecule has 0 bridgehead atoms. The summed E-state index contributed by atoms with van der Waals surface area (Å²) >= 11 is 0. The summed E-state index contributed by atoms with van der Waals surface area (Å²) in [5.41, 5.74) is 0.423. The van der Waals surface area contributed by atoms with Crippen molar-refractivity contribution in [1.29, 1.82) is 0 Å². The Balaban J connectivity index is 2.20. The van der Waals surface area contributed by atoms with Crippen molar-refractivity contribution in [3.63, 3.8) is 0 Å². The minimum atomic E-state index is 0.423. The zero-order valence-corrected chi connectivity index (χ0v) is 10.8. The molecule has 0 radical (unpaired) electrons. The van der Waals surface area contributed by atoms with Crippen LogP contribution in [-0.4, -0.2) is 37.6 Å². The Morgan fingerprint density at radius 3 is 2.40 bits per heavy atom. The first-order chi connectivity index (χ1) is 7.14. The minimum Gasteiger partial charge on any atom is -0.316 e. The normalized spacial score (nSPS) is 19.4. The lowest BCUT2D eigenvalue weighted by atomic mass is 9.91. The number of hydrogen-bond acceptors (Lipinski definition) is 2. The Bertz CT molecular complexity index is 160. The smallest absolute Gasteiger partial charge is 0.00448 e. The van der Waals surface area contributed by atoms with Gasteiger partial charge in [-0.15, -0.1) is 0 Å². The van der Waals surface area contributed by atoms with Crippen LogP contribution >= 0.6 is 0 Å². The van der Waals surface area contributed by atoms with E-state index in [0.29, 0.717) is 5.41 Å². The van der Waals surface area contributed by atoms with Gasteiger partial charge in [0.1, 0.15) is 0 Å². The van der Waals surface area contributed by atoms with Crippen molar-refractivity contribution >= 4 is 0 Å². The van der Waals surface area contributed by atoms with E-state index in [2.05, 4.69) is 31.0 Å². The van der Waals surface area contributed by atoms with Crippen LogP contribution in [0.4, 0.5) is 0 Å². The molecule has 90 valence electrons. The van der Waals surface area contributed by atoms with Crippen molar-refractivity contribution in [3.8, 4) is 0 Å². The van der Waals surface area contributed by atoms with Gasteiger partial charge < -0.3 is 10.2 Å². The first-order valence-corrected chi connectivity index (χ1v) is 6.57. The molecule has 2 nitrogen and oxygen atoms in total. The predicted octanol–water partition coefficient (Wildman–Crippen LogP) is 2.50. The zero-order chi connectivity index (χ0) is 11.1. The molecule has 1 rings (SSSR count). The average Bonchev–Trinajstić information content (AvgIpc) is 2.18. The second-order valence-corrected chi connectivity index (χ2v) is 5.68. The summed E-state index contributed by atoms with van der Waals surface area (Å²) in [6.45, 7) is 13.2. The van der Waals surface area contributed by atoms with Gasteiger partial charge in [0.15, 0.2) is 0 Å². The van der Waals surface area contributed by atoms with Gasteiger partial charge >= 0.3 is 0 Å². The Labute approximate surface area is 95.4 Å². The molecule has 0 saturated carbocycles. The van der Waals surface area contributed by atoms with Crippen LogP contribution in [0.25, 0.3) is 0 Å². The highest BCUT2D eigenvalue weighted by molar-refractivity contribution is 4.77. The molecule has 1 N–H and O–H groups in total. The number of hydrogen-bond donors (Lipinski definition) is 1. The summed E-state index contributed by atoms with van der Waals surface area (Å²) in [5, 5.41) is 3.54. The van der Waals surface area contributed by atoms with Gasteiger partial charge in [0, 0.05) is 13.1 Å². The van der Waals surface area contributed by atoms with Crippen molar-refractivity contribution in [2.75, 3.05) is 32.7 Å². The number of piperidine rings is 1. The maximum absolute atomic E-state index is 3.54. The lowest BCUT2D eigenvalue weighted by Gasteiger charge is -2.35. The first-order valence-electron chi connectivity index (χ1n) is 6.57. The molecule has 1 fully saturated rings. The number of likely N-dealkylation sites (tertiary alicyclic amines) is 1. The van der Waals surface area contributed by atoms with Crippen molar-refractivity contribution in [3.05, 3.63) is 0 Å². The third kappa shape index (κ3) is 5.53. The first kappa shape index (κ1) is 13.0. The SMILES string of the molecule is CCCNCC(C)(C)CN1CCCCC1. The molecule has 2 heteroatoms. The Morgan fingerprint density at radius 1 is 1.13 bits per heavy atom. The Hall–Kier alpha value is -0.0800. The number of nitrogens with one attached hydrogen (secondary N) is 1. The van der Waals surface area contributed by atoms with Gasteiger partial charge in [0.2, 0.25) is 0 Å². The molecule has 0 aromatic carbocycles. The molecule has 15 heavy (non-hydrogen) atoms. The van der Waals surface area contributed by atoms with Crippen molar-refractivity contribution in [2.24, 2.45) is 5.41 Å². The fourth-order valence-corrected chi connectivity index (χ4v) is 2.38. The van der Waals surface area contributed by atoms with Crippen molar-refractivity contribution < 1.29 is 0 Å². The molecule has 0 atom stereocenters. The molecular formula is C13H28N2. The van der Waals surface area contributed by atoms with Gasteiger partial charge in [-0.1, -0.05) is 27.2 Å². The molecule has 1 saturated heterocycles. The van der Waals surface area contributed by atoms with Crippen LogP contribution in [-0.2, 0) is 0 Å². The maximum Gasteiger partial charge on any atom is 0.00448 e. The fraction of sp³-hybridized carbons (Fsp3) is 1.00. The van der Waals surface area contributed by atoms with Crippen LogP contribution in [0.5, 0.6) is 0 Å². The monoisotopic (exact) mass is 212 g/mol. The van der Waals surface area contributed by atoms with Crippen molar-refractivity contribution in [1.82, 2.24) is 10.2 Å². The van der Waals surface area contributed by atoms with Gasteiger partial charge in [-0.25, -0.2) is 0 Å². The van der Waals surface area contributed by atoms with Crippen LogP contribution < -0.4 is 5.32 Å². The highest BCUT2D eigenvalue weighted by Crippen LogP contribution is 2.19. The van der Waals surface area contributed by atoms with E-state index >= 15 is 0 Å². The summed E-state index contributed by atoms with van der Waals surface area (Å²) in [5.74, 6) is 0. The molecule has 0 aliphatic carbocycles. The topological polar surface area (TPSA) is 15.3 Å². The lowest BCUT2D eigenvalue weighted by Crippen LogP contribution is -2.42. The fourth-order valence-electron chi connectivity index (χ4n) is 2.38. The molecule has 0 aromatic rings. The molecule has 0 unspecified atom stereocenters. The van der Waals surface area contributed by atoms with Crippen LogP contribution in [0, 0.1) is 5.41 Å². The summed E-state index contributed by atoms with van der Waals surface area (Å²) in [7, 11) is 0. The predicted molar refractivity (Wildman–Crippen MR) is 67.2 cm³/mol. The van der Waals surface area contributed by atoms with Crippen molar-refractivity contribution in [2.45, 2.75) is 46.5 Å². The number of nitrogens with zero attached hydrogens (tertiary/aromatic N) is 1. The highest BCUT2D eigenvalue weighted by Gasteiger charge is 2.22. The summed E-state index contributed by atoms with van der Waals surface area (Å²) in [6.07, 6.45) is 5.47. The number of rotatable bonds is 6.